The first-order valence-corrected chi connectivity index (χ1v) is 6.70. The van der Waals surface area contributed by atoms with Gasteiger partial charge in [-0.15, -0.1) is 0 Å². The molecule has 0 heterocycles. The molecule has 7 heteroatoms. The number of amides is 3. The lowest BCUT2D eigenvalue weighted by Crippen LogP contribution is -2.52. The van der Waals surface area contributed by atoms with Crippen molar-refractivity contribution in [1.82, 2.24) is 16.0 Å². The average Bonchev–Trinajstić information content (AvgIpc) is 2.25. The molecule has 0 aromatic carbocycles. The van der Waals surface area contributed by atoms with Crippen LogP contribution in [0, 0.1) is 0 Å². The van der Waals surface area contributed by atoms with E-state index < -0.39 is 18.0 Å². The third-order valence-electron chi connectivity index (χ3n) is 2.34. The van der Waals surface area contributed by atoms with Crippen LogP contribution in [0.15, 0.2) is 0 Å². The molecule has 0 bridgehead atoms. The van der Waals surface area contributed by atoms with Crippen molar-refractivity contribution in [2.24, 2.45) is 0 Å². The highest BCUT2D eigenvalue weighted by Crippen LogP contribution is 1.99. The Bertz CT molecular complexity index is 350. The second-order valence-corrected chi connectivity index (χ2v) is 5.71. The third-order valence-corrected chi connectivity index (χ3v) is 2.34. The normalized spacial score (nSPS) is 12.4. The first-order chi connectivity index (χ1) is 9.11. The standard InChI is InChI=1S/C13H25N3O4/c1-9(11(19)16-13(2,3)4)15-12(20)14-8-6-5-7-10(17)18/h9H,5-8H2,1-4H3,(H,16,19)(H,17,18)(H2,14,15,20). The van der Waals surface area contributed by atoms with Crippen LogP contribution in [0.4, 0.5) is 4.79 Å². The van der Waals surface area contributed by atoms with Crippen molar-refractivity contribution in [3.05, 3.63) is 0 Å². The molecule has 7 nitrogen and oxygen atoms in total. The van der Waals surface area contributed by atoms with Crippen LogP contribution >= 0.6 is 0 Å². The minimum Gasteiger partial charge on any atom is -0.481 e. The summed E-state index contributed by atoms with van der Waals surface area (Å²) in [4.78, 5) is 33.5. The van der Waals surface area contributed by atoms with Gasteiger partial charge in [-0.3, -0.25) is 9.59 Å². The van der Waals surface area contributed by atoms with Crippen LogP contribution in [-0.2, 0) is 9.59 Å². The van der Waals surface area contributed by atoms with Gasteiger partial charge in [-0.2, -0.15) is 0 Å². The molecule has 0 radical (unpaired) electrons. The van der Waals surface area contributed by atoms with E-state index in [4.69, 9.17) is 5.11 Å². The molecule has 0 spiro atoms. The van der Waals surface area contributed by atoms with E-state index in [1.54, 1.807) is 6.92 Å². The van der Waals surface area contributed by atoms with Gasteiger partial charge in [-0.1, -0.05) is 0 Å². The van der Waals surface area contributed by atoms with E-state index in [9.17, 15) is 14.4 Å². The van der Waals surface area contributed by atoms with Gasteiger partial charge in [0.1, 0.15) is 6.04 Å². The summed E-state index contributed by atoms with van der Waals surface area (Å²) in [7, 11) is 0. The number of urea groups is 1. The third kappa shape index (κ3) is 10.2. The molecule has 4 N–H and O–H groups in total. The first-order valence-electron chi connectivity index (χ1n) is 6.70. The minimum absolute atomic E-state index is 0.0910. The fourth-order valence-electron chi connectivity index (χ4n) is 1.39. The summed E-state index contributed by atoms with van der Waals surface area (Å²) in [5, 5.41) is 16.3. The van der Waals surface area contributed by atoms with E-state index in [0.717, 1.165) is 0 Å². The summed E-state index contributed by atoms with van der Waals surface area (Å²) in [5.41, 5.74) is -0.347. The van der Waals surface area contributed by atoms with E-state index in [1.807, 2.05) is 20.8 Å². The van der Waals surface area contributed by atoms with E-state index >= 15 is 0 Å². The SMILES string of the molecule is CC(NC(=O)NCCCCC(=O)O)C(=O)NC(C)(C)C. The smallest absolute Gasteiger partial charge is 0.315 e. The maximum absolute atomic E-state index is 11.7. The zero-order valence-electron chi connectivity index (χ0n) is 12.6. The highest BCUT2D eigenvalue weighted by molar-refractivity contribution is 5.87. The maximum atomic E-state index is 11.7. The molecule has 116 valence electrons. The zero-order valence-corrected chi connectivity index (χ0v) is 12.6. The van der Waals surface area contributed by atoms with Crippen molar-refractivity contribution in [3.8, 4) is 0 Å². The van der Waals surface area contributed by atoms with Crippen LogP contribution in [0.1, 0.15) is 47.0 Å². The van der Waals surface area contributed by atoms with Gasteiger partial charge in [0.25, 0.3) is 0 Å². The summed E-state index contributed by atoms with van der Waals surface area (Å²) < 4.78 is 0. The summed E-state index contributed by atoms with van der Waals surface area (Å²) >= 11 is 0. The van der Waals surface area contributed by atoms with E-state index in [2.05, 4.69) is 16.0 Å². The second-order valence-electron chi connectivity index (χ2n) is 5.71. The van der Waals surface area contributed by atoms with Gasteiger partial charge in [-0.05, 0) is 40.5 Å². The van der Waals surface area contributed by atoms with Gasteiger partial charge in [0.2, 0.25) is 5.91 Å². The molecule has 0 saturated heterocycles. The van der Waals surface area contributed by atoms with E-state index in [0.29, 0.717) is 19.4 Å². The lowest BCUT2D eigenvalue weighted by Gasteiger charge is -2.23. The molecule has 0 aliphatic rings. The van der Waals surface area contributed by atoms with Crippen molar-refractivity contribution < 1.29 is 19.5 Å². The Morgan fingerprint density at radius 3 is 2.25 bits per heavy atom. The summed E-state index contributed by atoms with van der Waals surface area (Å²) in [6, 6.07) is -1.06. The fraction of sp³-hybridized carbons (Fsp3) is 0.769. The molecule has 0 aromatic heterocycles. The number of hydrogen-bond donors (Lipinski definition) is 4. The predicted octanol–water partition coefficient (Wildman–Crippen LogP) is 0.844. The predicted molar refractivity (Wildman–Crippen MR) is 75.4 cm³/mol. The molecule has 3 amide bonds. The van der Waals surface area contributed by atoms with Crippen molar-refractivity contribution in [2.45, 2.75) is 58.5 Å². The number of carbonyl (C=O) groups is 3. The van der Waals surface area contributed by atoms with Crippen molar-refractivity contribution in [3.63, 3.8) is 0 Å². The molecule has 0 aromatic rings. The number of nitrogens with one attached hydrogen (secondary N) is 3. The van der Waals surface area contributed by atoms with Gasteiger partial charge in [0.15, 0.2) is 0 Å². The van der Waals surface area contributed by atoms with Crippen LogP contribution in [0.25, 0.3) is 0 Å². The van der Waals surface area contributed by atoms with Gasteiger partial charge < -0.3 is 21.1 Å². The Morgan fingerprint density at radius 2 is 1.75 bits per heavy atom. The maximum Gasteiger partial charge on any atom is 0.315 e. The molecule has 0 aliphatic heterocycles. The van der Waals surface area contributed by atoms with Gasteiger partial charge in [0, 0.05) is 18.5 Å². The van der Waals surface area contributed by atoms with Crippen LogP contribution in [0.2, 0.25) is 0 Å². The molecular formula is C13H25N3O4. The number of carboxylic acids is 1. The summed E-state index contributed by atoms with van der Waals surface area (Å²) in [5.74, 6) is -1.10. The van der Waals surface area contributed by atoms with Crippen molar-refractivity contribution in [1.29, 1.82) is 0 Å². The Kier molecular flexibility index (Phi) is 7.64. The number of carbonyl (C=O) groups excluding carboxylic acids is 2. The topological polar surface area (TPSA) is 108 Å². The van der Waals surface area contributed by atoms with Crippen LogP contribution < -0.4 is 16.0 Å². The number of carboxylic acid groups (broad SMARTS) is 1. The lowest BCUT2D eigenvalue weighted by atomic mass is 10.1. The Morgan fingerprint density at radius 1 is 1.15 bits per heavy atom. The Hall–Kier alpha value is -1.79. The quantitative estimate of drug-likeness (QED) is 0.520. The molecule has 0 saturated carbocycles. The molecule has 0 rings (SSSR count). The summed E-state index contributed by atoms with van der Waals surface area (Å²) in [6.07, 6.45) is 1.19. The summed E-state index contributed by atoms with van der Waals surface area (Å²) in [6.45, 7) is 7.57. The van der Waals surface area contributed by atoms with Gasteiger partial charge >= 0.3 is 12.0 Å². The molecule has 1 atom stereocenters. The Labute approximate surface area is 119 Å². The number of rotatable bonds is 7. The van der Waals surface area contributed by atoms with E-state index in [-0.39, 0.29) is 17.9 Å². The zero-order chi connectivity index (χ0) is 15.8. The molecular weight excluding hydrogens is 262 g/mol. The monoisotopic (exact) mass is 287 g/mol. The first kappa shape index (κ1) is 18.2. The van der Waals surface area contributed by atoms with Gasteiger partial charge in [0.05, 0.1) is 0 Å². The highest BCUT2D eigenvalue weighted by Gasteiger charge is 2.20. The van der Waals surface area contributed by atoms with Crippen LogP contribution in [-0.4, -0.2) is 41.1 Å². The van der Waals surface area contributed by atoms with Gasteiger partial charge in [-0.25, -0.2) is 4.79 Å². The lowest BCUT2D eigenvalue weighted by molar-refractivity contribution is -0.137. The van der Waals surface area contributed by atoms with Crippen LogP contribution in [0.5, 0.6) is 0 Å². The second kappa shape index (κ2) is 8.39. The van der Waals surface area contributed by atoms with E-state index in [1.165, 1.54) is 0 Å². The van der Waals surface area contributed by atoms with Crippen molar-refractivity contribution in [2.75, 3.05) is 6.54 Å². The molecule has 0 fully saturated rings. The average molecular weight is 287 g/mol. The minimum atomic E-state index is -0.845. The fourth-order valence-corrected chi connectivity index (χ4v) is 1.39. The molecule has 20 heavy (non-hydrogen) atoms. The molecule has 1 unspecified atom stereocenters. The largest absolute Gasteiger partial charge is 0.481 e. The van der Waals surface area contributed by atoms with Crippen LogP contribution in [0.3, 0.4) is 0 Å². The molecule has 0 aliphatic carbocycles. The Balaban J connectivity index is 3.85. The van der Waals surface area contributed by atoms with Crippen molar-refractivity contribution >= 4 is 17.9 Å². The number of aliphatic carboxylic acids is 1. The number of unbranched alkanes of at least 4 members (excludes halogenated alkanes) is 1. The number of hydrogen-bond acceptors (Lipinski definition) is 3. The highest BCUT2D eigenvalue weighted by atomic mass is 16.4.